The van der Waals surface area contributed by atoms with Crippen molar-refractivity contribution in [1.82, 2.24) is 0 Å². The summed E-state index contributed by atoms with van der Waals surface area (Å²) < 4.78 is 28.0. The number of nitrogens with one attached hydrogen (secondary N) is 1. The van der Waals surface area contributed by atoms with Crippen molar-refractivity contribution >= 4 is 39.2 Å². The van der Waals surface area contributed by atoms with E-state index >= 15 is 0 Å². The summed E-state index contributed by atoms with van der Waals surface area (Å²) in [6, 6.07) is 8.73. The van der Waals surface area contributed by atoms with E-state index in [1.54, 1.807) is 38.1 Å². The van der Waals surface area contributed by atoms with E-state index in [4.69, 9.17) is 23.4 Å². The first-order chi connectivity index (χ1) is 19.1. The second-order valence-corrected chi connectivity index (χ2v) is 10.4. The normalized spacial score (nSPS) is 10.9. The van der Waals surface area contributed by atoms with E-state index in [0.29, 0.717) is 38.6 Å². The Balaban J connectivity index is 1.74. The van der Waals surface area contributed by atoms with Crippen LogP contribution in [0, 0.1) is 27.7 Å². The zero-order valence-corrected chi connectivity index (χ0v) is 24.3. The molecule has 40 heavy (non-hydrogen) atoms. The van der Waals surface area contributed by atoms with Gasteiger partial charge in [-0.1, -0.05) is 6.07 Å². The molecule has 0 spiro atoms. The fourth-order valence-corrected chi connectivity index (χ4v) is 5.50. The maximum Gasteiger partial charge on any atom is 0.341 e. The van der Waals surface area contributed by atoms with Gasteiger partial charge in [0.05, 0.1) is 31.8 Å². The summed E-state index contributed by atoms with van der Waals surface area (Å²) in [7, 11) is 3.03. The van der Waals surface area contributed by atoms with Crippen LogP contribution in [0.1, 0.15) is 38.8 Å². The minimum Gasteiger partial charge on any atom is -0.493 e. The van der Waals surface area contributed by atoms with Crippen LogP contribution < -0.4 is 25.0 Å². The number of carbonyl (C=O) groups excluding carboxylic acids is 2. The van der Waals surface area contributed by atoms with Gasteiger partial charge < -0.3 is 28.7 Å². The minimum atomic E-state index is -0.551. The highest BCUT2D eigenvalue weighted by atomic mass is 32.1. The molecule has 210 valence electrons. The minimum absolute atomic E-state index is 0.119. The quantitative estimate of drug-likeness (QED) is 0.247. The van der Waals surface area contributed by atoms with Crippen LogP contribution in [0.15, 0.2) is 39.5 Å². The maximum absolute atomic E-state index is 13.7. The van der Waals surface area contributed by atoms with Gasteiger partial charge in [-0.05, 0) is 75.6 Å². The molecular weight excluding hydrogens is 534 g/mol. The number of rotatable bonds is 9. The maximum atomic E-state index is 13.7. The average Bonchev–Trinajstić information content (AvgIpc) is 3.19. The van der Waals surface area contributed by atoms with Crippen LogP contribution in [-0.4, -0.2) is 39.3 Å². The lowest BCUT2D eigenvalue weighted by Gasteiger charge is -2.14. The van der Waals surface area contributed by atoms with E-state index in [0.717, 1.165) is 21.6 Å². The highest BCUT2D eigenvalue weighted by Gasteiger charge is 2.24. The number of benzene rings is 2. The highest BCUT2D eigenvalue weighted by Crippen LogP contribution is 2.38. The summed E-state index contributed by atoms with van der Waals surface area (Å²) in [6.07, 6.45) is 0. The molecule has 1 amide bonds. The third kappa shape index (κ3) is 5.53. The topological polar surface area (TPSA) is 113 Å². The number of anilines is 1. The van der Waals surface area contributed by atoms with Gasteiger partial charge in [-0.3, -0.25) is 9.59 Å². The van der Waals surface area contributed by atoms with Crippen molar-refractivity contribution in [3.63, 3.8) is 0 Å². The summed E-state index contributed by atoms with van der Waals surface area (Å²) >= 11 is 1.27. The number of amides is 1. The highest BCUT2D eigenvalue weighted by molar-refractivity contribution is 7.16. The van der Waals surface area contributed by atoms with E-state index in [1.165, 1.54) is 25.6 Å². The van der Waals surface area contributed by atoms with Gasteiger partial charge in [0.1, 0.15) is 10.6 Å². The molecule has 2 aromatic carbocycles. The Morgan fingerprint density at radius 2 is 1.73 bits per heavy atom. The van der Waals surface area contributed by atoms with Crippen molar-refractivity contribution in [3.8, 4) is 28.6 Å². The molecule has 9 nitrogen and oxygen atoms in total. The van der Waals surface area contributed by atoms with E-state index < -0.39 is 23.9 Å². The first kappa shape index (κ1) is 28.7. The predicted octanol–water partition coefficient (Wildman–Crippen LogP) is 5.97. The molecule has 0 bridgehead atoms. The Kier molecular flexibility index (Phi) is 8.49. The molecule has 0 radical (unpaired) electrons. The fraction of sp³-hybridized carbons (Fsp3) is 0.300. The lowest BCUT2D eigenvalue weighted by molar-refractivity contribution is -0.118. The standard InChI is InChI=1S/C30H31NO8S/c1-8-37-30(34)25-17(4)18(5)40-29(25)31-23(32)14-38-28-26(33)24-16(3)11-15(2)12-22(24)39-27(28)19-9-10-20(35-6)21(13-19)36-7/h9-13H,8,14H2,1-7H3,(H,31,32). The first-order valence-corrected chi connectivity index (χ1v) is 13.4. The SMILES string of the molecule is CCOC(=O)c1c(NC(=O)COc2c(-c3ccc(OC)c(OC)c3)oc3cc(C)cc(C)c3c2=O)sc(C)c1C. The van der Waals surface area contributed by atoms with Gasteiger partial charge >= 0.3 is 5.97 Å². The number of ether oxygens (including phenoxy) is 4. The summed E-state index contributed by atoms with van der Waals surface area (Å²) in [5, 5.41) is 3.46. The molecule has 0 aliphatic heterocycles. The molecule has 0 aliphatic rings. The van der Waals surface area contributed by atoms with Crippen LogP contribution >= 0.6 is 11.3 Å². The smallest absolute Gasteiger partial charge is 0.341 e. The van der Waals surface area contributed by atoms with E-state index in [1.807, 2.05) is 26.8 Å². The number of methoxy groups -OCH3 is 2. The number of fused-ring (bicyclic) bond motifs is 1. The summed E-state index contributed by atoms with van der Waals surface area (Å²) in [6.45, 7) is 8.80. The van der Waals surface area contributed by atoms with E-state index in [2.05, 4.69) is 5.32 Å². The van der Waals surface area contributed by atoms with Crippen LogP contribution in [0.2, 0.25) is 0 Å². The van der Waals surface area contributed by atoms with Gasteiger partial charge in [0, 0.05) is 10.4 Å². The molecule has 0 atom stereocenters. The molecule has 2 aromatic heterocycles. The Bertz CT molecular complexity index is 1670. The molecular formula is C30H31NO8S. The molecule has 0 saturated carbocycles. The largest absolute Gasteiger partial charge is 0.493 e. The zero-order valence-electron chi connectivity index (χ0n) is 23.5. The molecule has 1 N–H and O–H groups in total. The third-order valence-corrected chi connectivity index (χ3v) is 7.53. The zero-order chi connectivity index (χ0) is 29.1. The third-order valence-electron chi connectivity index (χ3n) is 6.41. The van der Waals surface area contributed by atoms with Gasteiger partial charge in [-0.15, -0.1) is 11.3 Å². The number of hydrogen-bond acceptors (Lipinski definition) is 9. The summed E-state index contributed by atoms with van der Waals surface area (Å²) in [5.74, 6) is -0.108. The lowest BCUT2D eigenvalue weighted by Crippen LogP contribution is -2.23. The fourth-order valence-electron chi connectivity index (χ4n) is 4.44. The van der Waals surface area contributed by atoms with Crippen molar-refractivity contribution in [2.45, 2.75) is 34.6 Å². The first-order valence-electron chi connectivity index (χ1n) is 12.6. The predicted molar refractivity (Wildman–Crippen MR) is 154 cm³/mol. The number of aryl methyl sites for hydroxylation is 3. The molecule has 2 heterocycles. The summed E-state index contributed by atoms with van der Waals surface area (Å²) in [5.41, 5.74) is 3.18. The molecule has 0 aliphatic carbocycles. The van der Waals surface area contributed by atoms with Gasteiger partial charge in [-0.2, -0.15) is 0 Å². The number of carbonyl (C=O) groups is 2. The lowest BCUT2D eigenvalue weighted by atomic mass is 10.0. The monoisotopic (exact) mass is 565 g/mol. The van der Waals surface area contributed by atoms with Crippen LogP contribution in [-0.2, 0) is 9.53 Å². The van der Waals surface area contributed by atoms with Crippen LogP contribution in [0.3, 0.4) is 0 Å². The molecule has 4 rings (SSSR count). The molecule has 0 saturated heterocycles. The van der Waals surface area contributed by atoms with Gasteiger partial charge in [0.2, 0.25) is 11.2 Å². The van der Waals surface area contributed by atoms with Crippen molar-refractivity contribution < 1.29 is 33.0 Å². The molecule has 10 heteroatoms. The van der Waals surface area contributed by atoms with Crippen LogP contribution in [0.5, 0.6) is 17.2 Å². The Morgan fingerprint density at radius 3 is 2.40 bits per heavy atom. The number of esters is 1. The van der Waals surface area contributed by atoms with Crippen molar-refractivity contribution in [3.05, 3.63) is 67.7 Å². The Labute approximate surface area is 235 Å². The van der Waals surface area contributed by atoms with Crippen LogP contribution in [0.4, 0.5) is 5.00 Å². The van der Waals surface area contributed by atoms with Crippen molar-refractivity contribution in [1.29, 1.82) is 0 Å². The van der Waals surface area contributed by atoms with Crippen molar-refractivity contribution in [2.75, 3.05) is 32.8 Å². The second-order valence-electron chi connectivity index (χ2n) is 9.16. The average molecular weight is 566 g/mol. The van der Waals surface area contributed by atoms with Crippen molar-refractivity contribution in [2.24, 2.45) is 0 Å². The Hall–Kier alpha value is -4.31. The summed E-state index contributed by atoms with van der Waals surface area (Å²) in [4.78, 5) is 40.1. The molecule has 0 unspecified atom stereocenters. The van der Waals surface area contributed by atoms with Gasteiger partial charge in [0.25, 0.3) is 5.91 Å². The van der Waals surface area contributed by atoms with E-state index in [9.17, 15) is 14.4 Å². The Morgan fingerprint density at radius 1 is 1.00 bits per heavy atom. The molecule has 0 fully saturated rings. The second kappa shape index (κ2) is 11.8. The number of thiophene rings is 1. The van der Waals surface area contributed by atoms with Gasteiger partial charge in [0.15, 0.2) is 23.9 Å². The molecule has 4 aromatic rings. The van der Waals surface area contributed by atoms with E-state index in [-0.39, 0.29) is 18.1 Å². The number of hydrogen-bond donors (Lipinski definition) is 1. The van der Waals surface area contributed by atoms with Gasteiger partial charge in [-0.25, -0.2) is 4.79 Å². The van der Waals surface area contributed by atoms with Crippen LogP contribution in [0.25, 0.3) is 22.3 Å².